The molecule has 0 atom stereocenters. The lowest BCUT2D eigenvalue weighted by Gasteiger charge is -2.08. The fourth-order valence-electron chi connectivity index (χ4n) is 3.25. The third-order valence-electron chi connectivity index (χ3n) is 4.45. The van der Waals surface area contributed by atoms with Crippen LogP contribution < -0.4 is 10.1 Å². The maximum absolute atomic E-state index is 5.60. The van der Waals surface area contributed by atoms with Crippen LogP contribution in [-0.4, -0.2) is 27.9 Å². The molecular formula is C19H22N4O. The Morgan fingerprint density at radius 3 is 3.00 bits per heavy atom. The van der Waals surface area contributed by atoms with Crippen molar-refractivity contribution >= 4 is 10.9 Å². The Labute approximate surface area is 141 Å². The highest BCUT2D eigenvalue weighted by atomic mass is 16.5. The van der Waals surface area contributed by atoms with Crippen LogP contribution in [-0.2, 0) is 13.1 Å². The summed E-state index contributed by atoms with van der Waals surface area (Å²) in [6, 6.07) is 10.3. The minimum Gasteiger partial charge on any atom is -0.494 e. The van der Waals surface area contributed by atoms with E-state index in [2.05, 4.69) is 35.1 Å². The molecule has 3 heterocycles. The largest absolute Gasteiger partial charge is 0.494 e. The van der Waals surface area contributed by atoms with Gasteiger partial charge >= 0.3 is 0 Å². The Morgan fingerprint density at radius 1 is 1.21 bits per heavy atom. The molecule has 0 saturated carbocycles. The Kier molecular flexibility index (Phi) is 3.94. The summed E-state index contributed by atoms with van der Waals surface area (Å²) in [4.78, 5) is 4.82. The normalized spacial score (nSPS) is 14.4. The summed E-state index contributed by atoms with van der Waals surface area (Å²) >= 11 is 0. The lowest BCUT2D eigenvalue weighted by Crippen LogP contribution is -2.11. The number of nitrogens with zero attached hydrogens (tertiary/aromatic N) is 3. The van der Waals surface area contributed by atoms with E-state index in [1.807, 2.05) is 19.1 Å². The number of nitrogens with one attached hydrogen (secondary N) is 1. The van der Waals surface area contributed by atoms with Gasteiger partial charge in [0, 0.05) is 18.5 Å². The van der Waals surface area contributed by atoms with E-state index in [1.165, 1.54) is 11.3 Å². The van der Waals surface area contributed by atoms with Crippen molar-refractivity contribution in [3.63, 3.8) is 0 Å². The molecule has 3 aromatic rings. The van der Waals surface area contributed by atoms with Crippen molar-refractivity contribution in [1.29, 1.82) is 0 Å². The average Bonchev–Trinajstić information content (AvgIpc) is 2.86. The molecule has 5 nitrogen and oxygen atoms in total. The SMILES string of the molecule is CCOc1ccc2nc(-c3cc4n(n3)CCCNC4)cc(C)c2c1. The smallest absolute Gasteiger partial charge is 0.120 e. The minimum absolute atomic E-state index is 0.671. The number of hydrogen-bond donors (Lipinski definition) is 1. The van der Waals surface area contributed by atoms with E-state index >= 15 is 0 Å². The number of ether oxygens (including phenoxy) is 1. The van der Waals surface area contributed by atoms with Crippen molar-refractivity contribution in [2.24, 2.45) is 0 Å². The Morgan fingerprint density at radius 2 is 2.12 bits per heavy atom. The first-order chi connectivity index (χ1) is 11.7. The molecule has 0 radical (unpaired) electrons. The second-order valence-electron chi connectivity index (χ2n) is 6.21. The zero-order chi connectivity index (χ0) is 16.5. The van der Waals surface area contributed by atoms with Crippen LogP contribution in [0.1, 0.15) is 24.6 Å². The molecule has 0 unspecified atom stereocenters. The van der Waals surface area contributed by atoms with Gasteiger partial charge in [-0.25, -0.2) is 4.98 Å². The number of benzene rings is 1. The van der Waals surface area contributed by atoms with E-state index in [0.29, 0.717) is 6.61 Å². The van der Waals surface area contributed by atoms with Crippen LogP contribution in [0.5, 0.6) is 5.75 Å². The third-order valence-corrected chi connectivity index (χ3v) is 4.45. The van der Waals surface area contributed by atoms with Crippen molar-refractivity contribution in [2.75, 3.05) is 13.2 Å². The number of hydrogen-bond acceptors (Lipinski definition) is 4. The van der Waals surface area contributed by atoms with Gasteiger partial charge in [0.05, 0.1) is 23.5 Å². The summed E-state index contributed by atoms with van der Waals surface area (Å²) in [5, 5.41) is 9.33. The number of rotatable bonds is 3. The molecule has 0 spiro atoms. The summed E-state index contributed by atoms with van der Waals surface area (Å²) in [5.41, 5.74) is 5.29. The Bertz CT molecular complexity index is 861. The maximum atomic E-state index is 5.60. The summed E-state index contributed by atoms with van der Waals surface area (Å²) in [5.74, 6) is 0.891. The van der Waals surface area contributed by atoms with Crippen molar-refractivity contribution in [2.45, 2.75) is 33.4 Å². The molecule has 0 aliphatic carbocycles. The second kappa shape index (κ2) is 6.24. The molecule has 5 heteroatoms. The van der Waals surface area contributed by atoms with Gasteiger partial charge in [0.1, 0.15) is 11.4 Å². The third kappa shape index (κ3) is 2.76. The quantitative estimate of drug-likeness (QED) is 0.804. The molecule has 1 N–H and O–H groups in total. The molecule has 0 bridgehead atoms. The molecule has 0 amide bonds. The van der Waals surface area contributed by atoms with Gasteiger partial charge in [-0.05, 0) is 62.7 Å². The van der Waals surface area contributed by atoms with Crippen molar-refractivity contribution in [1.82, 2.24) is 20.1 Å². The number of fused-ring (bicyclic) bond motifs is 2. The highest BCUT2D eigenvalue weighted by molar-refractivity contribution is 5.85. The number of pyridine rings is 1. The average molecular weight is 322 g/mol. The first-order valence-corrected chi connectivity index (χ1v) is 8.56. The molecule has 1 aromatic carbocycles. The van der Waals surface area contributed by atoms with Gasteiger partial charge in [0.15, 0.2) is 0 Å². The van der Waals surface area contributed by atoms with Gasteiger partial charge in [0.2, 0.25) is 0 Å². The first kappa shape index (κ1) is 15.1. The van der Waals surface area contributed by atoms with Crippen LogP contribution in [0, 0.1) is 6.92 Å². The monoisotopic (exact) mass is 322 g/mol. The van der Waals surface area contributed by atoms with Crippen molar-refractivity contribution in [3.8, 4) is 17.1 Å². The van der Waals surface area contributed by atoms with Gasteiger partial charge in [0.25, 0.3) is 0 Å². The standard InChI is InChI=1S/C19H22N4O/c1-3-24-15-5-6-17-16(11-15)13(2)9-18(21-17)19-10-14-12-20-7-4-8-23(14)22-19/h5-6,9-11,20H,3-4,7-8,12H2,1-2H3. The second-order valence-corrected chi connectivity index (χ2v) is 6.21. The van der Waals surface area contributed by atoms with Crippen molar-refractivity contribution in [3.05, 3.63) is 41.6 Å². The molecule has 1 aliphatic rings. The van der Waals surface area contributed by atoms with Gasteiger partial charge in [-0.1, -0.05) is 0 Å². The summed E-state index contributed by atoms with van der Waals surface area (Å²) in [7, 11) is 0. The topological polar surface area (TPSA) is 52.0 Å². The van der Waals surface area contributed by atoms with Crippen LogP contribution >= 0.6 is 0 Å². The van der Waals surface area contributed by atoms with Crippen LogP contribution in [0.25, 0.3) is 22.3 Å². The molecule has 1 aliphatic heterocycles. The van der Waals surface area contributed by atoms with Gasteiger partial charge in [-0.3, -0.25) is 4.68 Å². The fraction of sp³-hybridized carbons (Fsp3) is 0.368. The number of aromatic nitrogens is 3. The van der Waals surface area contributed by atoms with Gasteiger partial charge in [-0.15, -0.1) is 0 Å². The predicted molar refractivity (Wildman–Crippen MR) is 95.2 cm³/mol. The van der Waals surface area contributed by atoms with Gasteiger partial charge in [-0.2, -0.15) is 5.10 Å². The zero-order valence-electron chi connectivity index (χ0n) is 14.2. The van der Waals surface area contributed by atoms with E-state index in [1.54, 1.807) is 0 Å². The molecule has 24 heavy (non-hydrogen) atoms. The highest BCUT2D eigenvalue weighted by Crippen LogP contribution is 2.27. The van der Waals surface area contributed by atoms with Crippen LogP contribution in [0.15, 0.2) is 30.3 Å². The molecular weight excluding hydrogens is 300 g/mol. The number of aryl methyl sites for hydroxylation is 2. The lowest BCUT2D eigenvalue weighted by atomic mass is 10.1. The van der Waals surface area contributed by atoms with E-state index in [9.17, 15) is 0 Å². The molecule has 124 valence electrons. The van der Waals surface area contributed by atoms with Crippen LogP contribution in [0.3, 0.4) is 0 Å². The zero-order valence-corrected chi connectivity index (χ0v) is 14.2. The minimum atomic E-state index is 0.671. The van der Waals surface area contributed by atoms with E-state index in [0.717, 1.165) is 54.1 Å². The maximum Gasteiger partial charge on any atom is 0.120 e. The van der Waals surface area contributed by atoms with Gasteiger partial charge < -0.3 is 10.1 Å². The predicted octanol–water partition coefficient (Wildman–Crippen LogP) is 3.30. The summed E-state index contributed by atoms with van der Waals surface area (Å²) in [6.07, 6.45) is 1.11. The summed E-state index contributed by atoms with van der Waals surface area (Å²) in [6.45, 7) is 7.67. The first-order valence-electron chi connectivity index (χ1n) is 8.56. The Balaban J connectivity index is 1.76. The van der Waals surface area contributed by atoms with Crippen LogP contribution in [0.2, 0.25) is 0 Å². The van der Waals surface area contributed by atoms with E-state index in [4.69, 9.17) is 14.8 Å². The molecule has 0 saturated heterocycles. The van der Waals surface area contributed by atoms with Crippen molar-refractivity contribution < 1.29 is 4.74 Å². The summed E-state index contributed by atoms with van der Waals surface area (Å²) < 4.78 is 7.71. The molecule has 4 rings (SSSR count). The highest BCUT2D eigenvalue weighted by Gasteiger charge is 2.14. The van der Waals surface area contributed by atoms with E-state index in [-0.39, 0.29) is 0 Å². The molecule has 2 aromatic heterocycles. The fourth-order valence-corrected chi connectivity index (χ4v) is 3.25. The van der Waals surface area contributed by atoms with E-state index < -0.39 is 0 Å². The molecule has 0 fully saturated rings. The van der Waals surface area contributed by atoms with Crippen LogP contribution in [0.4, 0.5) is 0 Å². The Hall–Kier alpha value is -2.40. The lowest BCUT2D eigenvalue weighted by molar-refractivity contribution is 0.340.